The van der Waals surface area contributed by atoms with Gasteiger partial charge >= 0.3 is 0 Å². The van der Waals surface area contributed by atoms with Crippen molar-refractivity contribution in [3.05, 3.63) is 48.8 Å². The minimum Gasteiger partial charge on any atom is -0.505 e. The lowest BCUT2D eigenvalue weighted by molar-refractivity contribution is 0.433. The van der Waals surface area contributed by atoms with E-state index in [0.717, 1.165) is 31.6 Å². The van der Waals surface area contributed by atoms with E-state index in [1.165, 1.54) is 6.20 Å². The van der Waals surface area contributed by atoms with Gasteiger partial charge in [-0.15, -0.1) is 0 Å². The molecule has 0 amide bonds. The number of aromatic nitrogens is 1. The predicted octanol–water partition coefficient (Wildman–Crippen LogP) is 2.59. The zero-order valence-corrected chi connectivity index (χ0v) is 13.1. The molecule has 1 aromatic heterocycles. The molecular formula is C16H18N3O2P. The summed E-state index contributed by atoms with van der Waals surface area (Å²) in [6.45, 7) is 1.55. The number of para-hydroxylation sites is 1. The van der Waals surface area contributed by atoms with E-state index in [1.54, 1.807) is 12.3 Å². The van der Waals surface area contributed by atoms with Crippen LogP contribution in [0, 0.1) is 0 Å². The van der Waals surface area contributed by atoms with Crippen molar-refractivity contribution in [3.63, 3.8) is 0 Å². The van der Waals surface area contributed by atoms with E-state index in [9.17, 15) is 9.67 Å². The number of fused-ring (bicyclic) bond motifs is 1. The fourth-order valence-electron chi connectivity index (χ4n) is 3.57. The Morgan fingerprint density at radius 2 is 2.05 bits per heavy atom. The van der Waals surface area contributed by atoms with E-state index < -0.39 is 7.44 Å². The molecule has 1 aromatic carbocycles. The highest BCUT2D eigenvalue weighted by Crippen LogP contribution is 2.62. The summed E-state index contributed by atoms with van der Waals surface area (Å²) in [5, 5.41) is 10.7. The molecule has 0 radical (unpaired) electrons. The second-order valence-corrected chi connectivity index (χ2v) is 8.35. The maximum atomic E-state index is 14.0. The molecule has 1 N–H and O–H groups in total. The Morgan fingerprint density at radius 1 is 1.23 bits per heavy atom. The molecule has 2 unspecified atom stereocenters. The standard InChI is InChI=1S/C16H18N3O2P/c20-15-11-17-9-8-16(15)22(21)18-10-4-7-14(18)12-19(22)13-5-2-1-3-6-13/h1-3,5-6,8-9,11,14,20H,4,7,10,12H2. The Balaban J connectivity index is 1.88. The first kappa shape index (κ1) is 13.8. The summed E-state index contributed by atoms with van der Waals surface area (Å²) < 4.78 is 18.1. The van der Waals surface area contributed by atoms with Crippen molar-refractivity contribution >= 4 is 18.4 Å². The summed E-state index contributed by atoms with van der Waals surface area (Å²) in [6.07, 6.45) is 5.09. The quantitative estimate of drug-likeness (QED) is 0.863. The van der Waals surface area contributed by atoms with Gasteiger partial charge in [0.25, 0.3) is 7.44 Å². The second kappa shape index (κ2) is 5.11. The van der Waals surface area contributed by atoms with E-state index in [4.69, 9.17) is 0 Å². The molecule has 3 heterocycles. The van der Waals surface area contributed by atoms with Crippen LogP contribution in [0.25, 0.3) is 0 Å². The third-order valence-electron chi connectivity index (χ3n) is 4.55. The van der Waals surface area contributed by atoms with Gasteiger partial charge < -0.3 is 9.78 Å². The van der Waals surface area contributed by atoms with Crippen LogP contribution >= 0.6 is 7.44 Å². The van der Waals surface area contributed by atoms with Gasteiger partial charge in [0.1, 0.15) is 5.75 Å². The maximum absolute atomic E-state index is 14.0. The van der Waals surface area contributed by atoms with Gasteiger partial charge in [0.15, 0.2) is 0 Å². The first-order valence-corrected chi connectivity index (χ1v) is 9.16. The van der Waals surface area contributed by atoms with E-state index in [2.05, 4.69) is 9.65 Å². The summed E-state index contributed by atoms with van der Waals surface area (Å²) in [5.41, 5.74) is 0.941. The number of hydrogen-bond acceptors (Lipinski definition) is 3. The Morgan fingerprint density at radius 3 is 2.82 bits per heavy atom. The van der Waals surface area contributed by atoms with Crippen molar-refractivity contribution in [2.24, 2.45) is 0 Å². The average Bonchev–Trinajstić information content (AvgIpc) is 3.11. The fourth-order valence-corrected chi connectivity index (χ4v) is 6.90. The van der Waals surface area contributed by atoms with Crippen molar-refractivity contribution < 1.29 is 9.67 Å². The van der Waals surface area contributed by atoms with Crippen LogP contribution in [-0.4, -0.2) is 33.9 Å². The zero-order chi connectivity index (χ0) is 15.2. The minimum atomic E-state index is -3.02. The third kappa shape index (κ3) is 1.89. The number of anilines is 1. The van der Waals surface area contributed by atoms with E-state index in [-0.39, 0.29) is 5.75 Å². The number of hydrogen-bond donors (Lipinski definition) is 1. The maximum Gasteiger partial charge on any atom is 0.273 e. The van der Waals surface area contributed by atoms with Crippen LogP contribution in [0.2, 0.25) is 0 Å². The van der Waals surface area contributed by atoms with Gasteiger partial charge in [-0.1, -0.05) is 18.2 Å². The van der Waals surface area contributed by atoms with Gasteiger partial charge in [-0.2, -0.15) is 0 Å². The van der Waals surface area contributed by atoms with Crippen molar-refractivity contribution in [1.29, 1.82) is 0 Å². The highest BCUT2D eigenvalue weighted by molar-refractivity contribution is 7.71. The average molecular weight is 315 g/mol. The van der Waals surface area contributed by atoms with Crippen LogP contribution in [0.4, 0.5) is 5.69 Å². The number of benzene rings is 1. The molecule has 2 atom stereocenters. The number of nitrogens with zero attached hydrogens (tertiary/aromatic N) is 3. The summed E-state index contributed by atoms with van der Waals surface area (Å²) in [7, 11) is -3.02. The van der Waals surface area contributed by atoms with Crippen LogP contribution < -0.4 is 9.97 Å². The van der Waals surface area contributed by atoms with Gasteiger partial charge in [0, 0.05) is 31.0 Å². The minimum absolute atomic E-state index is 0.0133. The molecule has 6 heteroatoms. The van der Waals surface area contributed by atoms with Gasteiger partial charge in [-0.3, -0.25) is 9.55 Å². The Bertz CT molecular complexity index is 737. The molecule has 0 spiro atoms. The molecule has 114 valence electrons. The Hall–Kier alpha value is -1.84. The second-order valence-electron chi connectivity index (χ2n) is 5.79. The largest absolute Gasteiger partial charge is 0.505 e. The summed E-state index contributed by atoms with van der Waals surface area (Å²) in [6, 6.07) is 11.8. The topological polar surface area (TPSA) is 56.7 Å². The number of rotatable bonds is 2. The smallest absolute Gasteiger partial charge is 0.273 e. The molecule has 4 rings (SSSR count). The van der Waals surface area contributed by atoms with Crippen LogP contribution in [0.3, 0.4) is 0 Å². The summed E-state index contributed by atoms with van der Waals surface area (Å²) >= 11 is 0. The van der Waals surface area contributed by atoms with Crippen LogP contribution in [-0.2, 0) is 4.57 Å². The molecule has 22 heavy (non-hydrogen) atoms. The molecule has 0 saturated carbocycles. The predicted molar refractivity (Wildman–Crippen MR) is 86.7 cm³/mol. The highest BCUT2D eigenvalue weighted by atomic mass is 31.2. The molecule has 5 nitrogen and oxygen atoms in total. The normalized spacial score (nSPS) is 28.0. The van der Waals surface area contributed by atoms with Crippen molar-refractivity contribution in [1.82, 2.24) is 9.65 Å². The molecule has 2 aromatic rings. The molecule has 0 aliphatic carbocycles. The monoisotopic (exact) mass is 315 g/mol. The van der Waals surface area contributed by atoms with Crippen LogP contribution in [0.15, 0.2) is 48.8 Å². The molecule has 0 bridgehead atoms. The molecule has 2 fully saturated rings. The van der Waals surface area contributed by atoms with Gasteiger partial charge in [0.05, 0.1) is 11.5 Å². The lowest BCUT2D eigenvalue weighted by Crippen LogP contribution is -2.27. The van der Waals surface area contributed by atoms with Crippen LogP contribution in [0.1, 0.15) is 12.8 Å². The zero-order valence-electron chi connectivity index (χ0n) is 12.2. The van der Waals surface area contributed by atoms with Crippen molar-refractivity contribution in [2.75, 3.05) is 17.8 Å². The van der Waals surface area contributed by atoms with Crippen molar-refractivity contribution in [3.8, 4) is 5.75 Å². The Kier molecular flexibility index (Phi) is 3.21. The van der Waals surface area contributed by atoms with Crippen LogP contribution in [0.5, 0.6) is 5.75 Å². The highest BCUT2D eigenvalue weighted by Gasteiger charge is 2.52. The SMILES string of the molecule is O=P1(c2ccncc2O)N(c2ccccc2)CC2CCCN21. The third-order valence-corrected chi connectivity index (χ3v) is 7.83. The van der Waals surface area contributed by atoms with E-state index >= 15 is 0 Å². The van der Waals surface area contributed by atoms with E-state index in [1.807, 2.05) is 35.0 Å². The molecule has 2 aliphatic heterocycles. The van der Waals surface area contributed by atoms with E-state index in [0.29, 0.717) is 11.3 Å². The lowest BCUT2D eigenvalue weighted by Gasteiger charge is -2.31. The first-order chi connectivity index (χ1) is 10.7. The Labute approximate surface area is 129 Å². The van der Waals surface area contributed by atoms with Gasteiger partial charge in [-0.05, 0) is 31.0 Å². The molecule has 2 aliphatic rings. The summed E-state index contributed by atoms with van der Waals surface area (Å²) in [4.78, 5) is 3.92. The molecular weight excluding hydrogens is 297 g/mol. The number of aromatic hydroxyl groups is 1. The van der Waals surface area contributed by atoms with Crippen molar-refractivity contribution in [2.45, 2.75) is 18.9 Å². The van der Waals surface area contributed by atoms with Gasteiger partial charge in [-0.25, -0.2) is 4.67 Å². The first-order valence-electron chi connectivity index (χ1n) is 7.55. The van der Waals surface area contributed by atoms with Gasteiger partial charge in [0.2, 0.25) is 0 Å². The molecule has 2 saturated heterocycles. The lowest BCUT2D eigenvalue weighted by atomic mass is 10.2. The summed E-state index contributed by atoms with van der Waals surface area (Å²) in [5.74, 6) is 0.0133. The number of pyridine rings is 1. The fraction of sp³-hybridized carbons (Fsp3) is 0.312.